The molecule has 0 radical (unpaired) electrons. The number of nitrogens with two attached hydrogens (primary N) is 1. The molecule has 2 aromatic rings. The van der Waals surface area contributed by atoms with Crippen LogP contribution in [0.1, 0.15) is 23.6 Å². The lowest BCUT2D eigenvalue weighted by Crippen LogP contribution is -2.45. The van der Waals surface area contributed by atoms with Crippen LogP contribution >= 0.6 is 0 Å². The Morgan fingerprint density at radius 3 is 2.44 bits per heavy atom. The fourth-order valence-corrected chi connectivity index (χ4v) is 3.37. The van der Waals surface area contributed by atoms with Crippen molar-refractivity contribution in [3.63, 3.8) is 0 Å². The summed E-state index contributed by atoms with van der Waals surface area (Å²) in [6, 6.07) is -0.0496. The normalized spacial score (nSPS) is 14.8. The van der Waals surface area contributed by atoms with E-state index in [1.807, 2.05) is 0 Å². The topological polar surface area (TPSA) is 106 Å². The second-order valence-corrected chi connectivity index (χ2v) is 7.14. The average molecular weight is 464 g/mol. The third-order valence-corrected chi connectivity index (χ3v) is 4.89. The van der Waals surface area contributed by atoms with E-state index in [2.05, 4.69) is 15.5 Å². The van der Waals surface area contributed by atoms with E-state index in [-0.39, 0.29) is 43.9 Å². The third kappa shape index (κ3) is 5.18. The Morgan fingerprint density at radius 1 is 1.09 bits per heavy atom. The molecular weight excluding hydrogens is 446 g/mol. The van der Waals surface area contributed by atoms with Crippen molar-refractivity contribution in [2.75, 3.05) is 13.1 Å². The van der Waals surface area contributed by atoms with Crippen LogP contribution in [0.2, 0.25) is 0 Å². The van der Waals surface area contributed by atoms with Gasteiger partial charge in [0, 0.05) is 31.6 Å². The highest BCUT2D eigenvalue weighted by molar-refractivity contribution is 5.80. The van der Waals surface area contributed by atoms with Gasteiger partial charge in [0.25, 0.3) is 0 Å². The number of nitrogens with one attached hydrogen (secondary N) is 1. The van der Waals surface area contributed by atoms with Gasteiger partial charge in [0.15, 0.2) is 17.5 Å². The van der Waals surface area contributed by atoms with Crippen molar-refractivity contribution >= 4 is 11.8 Å². The van der Waals surface area contributed by atoms with Crippen molar-refractivity contribution < 1.29 is 35.9 Å². The molecule has 1 aliphatic heterocycles. The third-order valence-electron chi connectivity index (χ3n) is 4.89. The molecule has 0 bridgehead atoms. The Morgan fingerprint density at radius 2 is 1.78 bits per heavy atom. The maximum absolute atomic E-state index is 14.0. The Labute approximate surface area is 177 Å². The van der Waals surface area contributed by atoms with E-state index in [0.29, 0.717) is 12.1 Å². The summed E-state index contributed by atoms with van der Waals surface area (Å²) in [5, 5.41) is 9.02. The first-order chi connectivity index (χ1) is 15.0. The maximum atomic E-state index is 14.0. The molecular formula is C18H18F6N6O2. The van der Waals surface area contributed by atoms with Crippen LogP contribution in [0.3, 0.4) is 0 Å². The average Bonchev–Trinajstić information content (AvgIpc) is 3.15. The molecule has 3 N–H and O–H groups in total. The Balaban J connectivity index is 1.74. The molecule has 2 amide bonds. The van der Waals surface area contributed by atoms with Crippen molar-refractivity contribution in [3.8, 4) is 0 Å². The van der Waals surface area contributed by atoms with Gasteiger partial charge in [-0.05, 0) is 18.1 Å². The molecule has 0 saturated heterocycles. The highest BCUT2D eigenvalue weighted by Crippen LogP contribution is 2.29. The fraction of sp³-hybridized carbons (Fsp3) is 0.444. The molecule has 0 spiro atoms. The number of hydrogen-bond acceptors (Lipinski definition) is 5. The van der Waals surface area contributed by atoms with E-state index in [9.17, 15) is 35.9 Å². The molecule has 32 heavy (non-hydrogen) atoms. The van der Waals surface area contributed by atoms with E-state index < -0.39 is 53.9 Å². The number of amides is 2. The first-order valence-corrected chi connectivity index (χ1v) is 9.39. The van der Waals surface area contributed by atoms with Crippen LogP contribution in [-0.2, 0) is 35.3 Å². The Bertz CT molecular complexity index is 1020. The number of carbonyl (C=O) groups is 2. The number of aromatic nitrogens is 3. The van der Waals surface area contributed by atoms with Crippen molar-refractivity contribution in [3.05, 3.63) is 46.8 Å². The molecule has 1 aromatic carbocycles. The molecule has 2 heterocycles. The van der Waals surface area contributed by atoms with Gasteiger partial charge in [-0.2, -0.15) is 13.2 Å². The molecule has 3 rings (SSSR count). The monoisotopic (exact) mass is 464 g/mol. The molecule has 1 aromatic heterocycles. The summed E-state index contributed by atoms with van der Waals surface area (Å²) >= 11 is 0. The van der Waals surface area contributed by atoms with Crippen LogP contribution in [-0.4, -0.2) is 50.6 Å². The summed E-state index contributed by atoms with van der Waals surface area (Å²) in [6.07, 6.45) is -5.42. The second-order valence-electron chi connectivity index (χ2n) is 7.14. The van der Waals surface area contributed by atoms with E-state index in [1.165, 1.54) is 4.90 Å². The number of alkyl halides is 3. The molecule has 0 fully saturated rings. The van der Waals surface area contributed by atoms with Crippen LogP contribution in [0.15, 0.2) is 12.1 Å². The quantitative estimate of drug-likeness (QED) is 0.493. The van der Waals surface area contributed by atoms with Gasteiger partial charge in [-0.1, -0.05) is 0 Å². The van der Waals surface area contributed by atoms with E-state index in [4.69, 9.17) is 5.73 Å². The van der Waals surface area contributed by atoms with Gasteiger partial charge >= 0.3 is 6.18 Å². The van der Waals surface area contributed by atoms with Gasteiger partial charge in [-0.3, -0.25) is 9.59 Å². The summed E-state index contributed by atoms with van der Waals surface area (Å²) in [6.45, 7) is -0.957. The van der Waals surface area contributed by atoms with E-state index >= 15 is 0 Å². The van der Waals surface area contributed by atoms with Crippen LogP contribution in [0.25, 0.3) is 0 Å². The van der Waals surface area contributed by atoms with Crippen LogP contribution < -0.4 is 11.1 Å². The second kappa shape index (κ2) is 9.14. The lowest BCUT2D eigenvalue weighted by molar-refractivity contribution is -0.148. The number of benzene rings is 1. The Hall–Kier alpha value is -3.16. The first kappa shape index (κ1) is 23.5. The molecule has 1 atom stereocenters. The number of carbonyl (C=O) groups excluding carboxylic acids is 2. The standard InChI is InChI=1S/C18H18F6N6O2/c19-11-6-13(21)12(20)4-9(11)3-10(26-15(31)7-25)5-16(32)29-1-2-30-14(8-29)27-28-17(30)18(22,23)24/h4,6,10H,1-3,5,7-8,25H2,(H,26,31)/t10-/m1/s1. The van der Waals surface area contributed by atoms with Gasteiger partial charge in [0.05, 0.1) is 13.1 Å². The number of fused-ring (bicyclic) bond motifs is 1. The number of halogens is 6. The SMILES string of the molecule is NCC(=O)N[C@@H](CC(=O)N1CCn2c(nnc2C(F)(F)F)C1)Cc1cc(F)c(F)cc1F. The zero-order valence-electron chi connectivity index (χ0n) is 16.4. The molecule has 0 saturated carbocycles. The van der Waals surface area contributed by atoms with Crippen molar-refractivity contribution in [2.45, 2.75) is 38.1 Å². The highest BCUT2D eigenvalue weighted by atomic mass is 19.4. The summed E-state index contributed by atoms with van der Waals surface area (Å²) in [5.74, 6) is -6.22. The van der Waals surface area contributed by atoms with Crippen molar-refractivity contribution in [1.82, 2.24) is 25.0 Å². The van der Waals surface area contributed by atoms with E-state index in [1.54, 1.807) is 0 Å². The van der Waals surface area contributed by atoms with Crippen LogP contribution in [0.5, 0.6) is 0 Å². The molecule has 1 aliphatic rings. The smallest absolute Gasteiger partial charge is 0.351 e. The largest absolute Gasteiger partial charge is 0.451 e. The van der Waals surface area contributed by atoms with Crippen molar-refractivity contribution in [2.24, 2.45) is 5.73 Å². The van der Waals surface area contributed by atoms with Crippen LogP contribution in [0.4, 0.5) is 26.3 Å². The number of hydrogen-bond donors (Lipinski definition) is 2. The van der Waals surface area contributed by atoms with Crippen molar-refractivity contribution in [1.29, 1.82) is 0 Å². The predicted octanol–water partition coefficient (Wildman–Crippen LogP) is 1.13. The zero-order valence-corrected chi connectivity index (χ0v) is 16.4. The van der Waals surface area contributed by atoms with Crippen LogP contribution in [0, 0.1) is 17.5 Å². The van der Waals surface area contributed by atoms with Gasteiger partial charge in [0.1, 0.15) is 5.82 Å². The summed E-state index contributed by atoms with van der Waals surface area (Å²) in [4.78, 5) is 25.7. The molecule has 174 valence electrons. The number of rotatable bonds is 6. The molecule has 8 nitrogen and oxygen atoms in total. The summed E-state index contributed by atoms with van der Waals surface area (Å²) < 4.78 is 80.4. The molecule has 0 aliphatic carbocycles. The maximum Gasteiger partial charge on any atom is 0.451 e. The first-order valence-electron chi connectivity index (χ1n) is 9.39. The minimum absolute atomic E-state index is 0.0638. The summed E-state index contributed by atoms with van der Waals surface area (Å²) in [5.41, 5.74) is 4.98. The fourth-order valence-electron chi connectivity index (χ4n) is 3.37. The zero-order chi connectivity index (χ0) is 23.6. The highest BCUT2D eigenvalue weighted by Gasteiger charge is 2.40. The summed E-state index contributed by atoms with van der Waals surface area (Å²) in [7, 11) is 0. The van der Waals surface area contributed by atoms with Gasteiger partial charge in [-0.15, -0.1) is 10.2 Å². The number of nitrogens with zero attached hydrogens (tertiary/aromatic N) is 4. The van der Waals surface area contributed by atoms with Gasteiger partial charge in [-0.25, -0.2) is 13.2 Å². The molecule has 0 unspecified atom stereocenters. The minimum Gasteiger partial charge on any atom is -0.351 e. The van der Waals surface area contributed by atoms with E-state index in [0.717, 1.165) is 4.57 Å². The molecule has 14 heteroatoms. The lowest BCUT2D eigenvalue weighted by atomic mass is 10.0. The van der Waals surface area contributed by atoms with Gasteiger partial charge in [0.2, 0.25) is 17.6 Å². The van der Waals surface area contributed by atoms with Gasteiger partial charge < -0.3 is 20.5 Å². The lowest BCUT2D eigenvalue weighted by Gasteiger charge is -2.29. The Kier molecular flexibility index (Phi) is 6.71. The minimum atomic E-state index is -4.69. The predicted molar refractivity (Wildman–Crippen MR) is 96.1 cm³/mol.